The van der Waals surface area contributed by atoms with Crippen molar-refractivity contribution in [2.45, 2.75) is 13.1 Å². The Balaban J connectivity index is 2.84. The van der Waals surface area contributed by atoms with Gasteiger partial charge in [-0.05, 0) is 25.1 Å². The SMILES string of the molecule is COC(=O)C(C)=CC(=O)Nc1cccc(C(F)(F)F)c1. The Morgan fingerprint density at radius 1 is 1.30 bits per heavy atom. The van der Waals surface area contributed by atoms with E-state index in [0.717, 1.165) is 25.3 Å². The Hall–Kier alpha value is -2.31. The molecule has 0 aliphatic heterocycles. The normalized spacial score (nSPS) is 11.9. The third kappa shape index (κ3) is 4.42. The highest BCUT2D eigenvalue weighted by atomic mass is 19.4. The van der Waals surface area contributed by atoms with Gasteiger partial charge in [0.1, 0.15) is 0 Å². The van der Waals surface area contributed by atoms with Crippen LogP contribution in [0.25, 0.3) is 0 Å². The molecule has 0 aliphatic carbocycles. The fraction of sp³-hybridized carbons (Fsp3) is 0.231. The van der Waals surface area contributed by atoms with Crippen molar-refractivity contribution in [3.63, 3.8) is 0 Å². The second-order valence-corrected chi connectivity index (χ2v) is 3.89. The summed E-state index contributed by atoms with van der Waals surface area (Å²) in [4.78, 5) is 22.6. The van der Waals surface area contributed by atoms with E-state index in [1.807, 2.05) is 0 Å². The van der Waals surface area contributed by atoms with E-state index in [1.165, 1.54) is 19.1 Å². The van der Waals surface area contributed by atoms with E-state index < -0.39 is 23.6 Å². The van der Waals surface area contributed by atoms with Gasteiger partial charge in [-0.25, -0.2) is 4.79 Å². The zero-order valence-corrected chi connectivity index (χ0v) is 10.7. The highest BCUT2D eigenvalue weighted by Crippen LogP contribution is 2.30. The standard InChI is InChI=1S/C13H12F3NO3/c1-8(12(19)20-2)6-11(18)17-10-5-3-4-9(7-10)13(14,15)16/h3-7H,1-2H3,(H,17,18). The first-order chi connectivity index (χ1) is 9.24. The number of carbonyl (C=O) groups excluding carboxylic acids is 2. The molecule has 1 N–H and O–H groups in total. The van der Waals surface area contributed by atoms with Crippen molar-refractivity contribution in [3.05, 3.63) is 41.5 Å². The number of amides is 1. The maximum atomic E-state index is 12.5. The van der Waals surface area contributed by atoms with Gasteiger partial charge in [0, 0.05) is 17.3 Å². The first kappa shape index (κ1) is 15.7. The predicted molar refractivity (Wildman–Crippen MR) is 65.8 cm³/mol. The molecule has 1 aromatic rings. The number of rotatable bonds is 3. The highest BCUT2D eigenvalue weighted by Gasteiger charge is 2.30. The van der Waals surface area contributed by atoms with E-state index >= 15 is 0 Å². The minimum absolute atomic E-state index is 0.0151. The number of nitrogens with one attached hydrogen (secondary N) is 1. The number of halogens is 3. The molecule has 4 nitrogen and oxygen atoms in total. The second kappa shape index (κ2) is 6.23. The first-order valence-corrected chi connectivity index (χ1v) is 5.49. The number of hydrogen-bond acceptors (Lipinski definition) is 3. The van der Waals surface area contributed by atoms with Crippen molar-refractivity contribution in [2.24, 2.45) is 0 Å². The number of esters is 1. The average molecular weight is 287 g/mol. The van der Waals surface area contributed by atoms with Gasteiger partial charge in [0.05, 0.1) is 12.7 Å². The number of ether oxygens (including phenoxy) is 1. The smallest absolute Gasteiger partial charge is 0.416 e. The fourth-order valence-corrected chi connectivity index (χ4v) is 1.37. The van der Waals surface area contributed by atoms with Crippen molar-refractivity contribution in [1.29, 1.82) is 0 Å². The molecule has 0 spiro atoms. The number of alkyl halides is 3. The maximum absolute atomic E-state index is 12.5. The molecule has 0 saturated carbocycles. The van der Waals surface area contributed by atoms with Crippen molar-refractivity contribution in [3.8, 4) is 0 Å². The maximum Gasteiger partial charge on any atom is 0.416 e. The van der Waals surface area contributed by atoms with Crippen LogP contribution in [0.3, 0.4) is 0 Å². The molecular formula is C13H12F3NO3. The number of anilines is 1. The van der Waals surface area contributed by atoms with E-state index in [1.54, 1.807) is 0 Å². The van der Waals surface area contributed by atoms with Crippen molar-refractivity contribution < 1.29 is 27.5 Å². The summed E-state index contributed by atoms with van der Waals surface area (Å²) in [6, 6.07) is 4.19. The topological polar surface area (TPSA) is 55.4 Å². The van der Waals surface area contributed by atoms with Crippen molar-refractivity contribution in [2.75, 3.05) is 12.4 Å². The Labute approximate surface area is 113 Å². The molecule has 7 heteroatoms. The molecule has 0 unspecified atom stereocenters. The third-order valence-corrected chi connectivity index (χ3v) is 2.31. The third-order valence-electron chi connectivity index (χ3n) is 2.31. The highest BCUT2D eigenvalue weighted by molar-refractivity contribution is 6.04. The van der Waals surface area contributed by atoms with Gasteiger partial charge >= 0.3 is 12.1 Å². The Morgan fingerprint density at radius 3 is 2.50 bits per heavy atom. The monoisotopic (exact) mass is 287 g/mol. The lowest BCUT2D eigenvalue weighted by atomic mass is 10.2. The van der Waals surface area contributed by atoms with Gasteiger partial charge in [0.2, 0.25) is 5.91 Å². The van der Waals surface area contributed by atoms with Crippen molar-refractivity contribution >= 4 is 17.6 Å². The lowest BCUT2D eigenvalue weighted by Gasteiger charge is -2.09. The summed E-state index contributed by atoms with van der Waals surface area (Å²) in [5.41, 5.74) is -0.848. The molecule has 0 bridgehead atoms. The van der Waals surface area contributed by atoms with Gasteiger partial charge in [-0.2, -0.15) is 13.2 Å². The molecule has 1 rings (SSSR count). The molecule has 0 aliphatic rings. The minimum Gasteiger partial charge on any atom is -0.466 e. The molecular weight excluding hydrogens is 275 g/mol. The van der Waals surface area contributed by atoms with Gasteiger partial charge in [0.25, 0.3) is 0 Å². The van der Waals surface area contributed by atoms with Crippen molar-refractivity contribution in [1.82, 2.24) is 0 Å². The number of carbonyl (C=O) groups is 2. The van der Waals surface area contributed by atoms with Gasteiger partial charge in [-0.15, -0.1) is 0 Å². The summed E-state index contributed by atoms with van der Waals surface area (Å²) in [7, 11) is 1.16. The fourth-order valence-electron chi connectivity index (χ4n) is 1.37. The quantitative estimate of drug-likeness (QED) is 0.687. The number of methoxy groups -OCH3 is 1. The lowest BCUT2D eigenvalue weighted by Crippen LogP contribution is -2.12. The molecule has 1 amide bonds. The van der Waals surface area contributed by atoms with Gasteiger partial charge in [-0.1, -0.05) is 6.07 Å². The van der Waals surface area contributed by atoms with E-state index in [4.69, 9.17) is 0 Å². The molecule has 0 radical (unpaired) electrons. The van der Waals surface area contributed by atoms with Crippen LogP contribution >= 0.6 is 0 Å². The summed E-state index contributed by atoms with van der Waals surface area (Å²) >= 11 is 0. The Morgan fingerprint density at radius 2 is 1.95 bits per heavy atom. The van der Waals surface area contributed by atoms with Crippen LogP contribution in [0.2, 0.25) is 0 Å². The molecule has 0 atom stereocenters. The second-order valence-electron chi connectivity index (χ2n) is 3.89. The van der Waals surface area contributed by atoms with Crippen LogP contribution in [0.4, 0.5) is 18.9 Å². The van der Waals surface area contributed by atoms with Gasteiger partial charge < -0.3 is 10.1 Å². The summed E-state index contributed by atoms with van der Waals surface area (Å²) in [6.07, 6.45) is -3.54. The zero-order valence-electron chi connectivity index (χ0n) is 10.7. The van der Waals surface area contributed by atoms with E-state index in [2.05, 4.69) is 10.1 Å². The van der Waals surface area contributed by atoms with Crippen LogP contribution in [0.5, 0.6) is 0 Å². The van der Waals surface area contributed by atoms with E-state index in [-0.39, 0.29) is 11.3 Å². The molecule has 108 valence electrons. The first-order valence-electron chi connectivity index (χ1n) is 5.49. The molecule has 0 fully saturated rings. The number of hydrogen-bond donors (Lipinski definition) is 1. The Kier molecular flexibility index (Phi) is 4.90. The summed E-state index contributed by atoms with van der Waals surface area (Å²) < 4.78 is 41.8. The number of benzene rings is 1. The van der Waals surface area contributed by atoms with Gasteiger partial charge in [-0.3, -0.25) is 4.79 Å². The molecule has 0 aromatic heterocycles. The van der Waals surface area contributed by atoms with Crippen LogP contribution in [-0.4, -0.2) is 19.0 Å². The largest absolute Gasteiger partial charge is 0.466 e. The van der Waals surface area contributed by atoms with Crippen LogP contribution in [0, 0.1) is 0 Å². The summed E-state index contributed by atoms with van der Waals surface area (Å²) in [5, 5.41) is 2.24. The average Bonchev–Trinajstić information content (AvgIpc) is 2.36. The minimum atomic E-state index is -4.49. The van der Waals surface area contributed by atoms with Crippen LogP contribution in [0.1, 0.15) is 12.5 Å². The van der Waals surface area contributed by atoms with E-state index in [9.17, 15) is 22.8 Å². The summed E-state index contributed by atoms with van der Waals surface area (Å²) in [6.45, 7) is 1.36. The Bertz CT molecular complexity index is 550. The van der Waals surface area contributed by atoms with Gasteiger partial charge in [0.15, 0.2) is 0 Å². The molecule has 0 heterocycles. The van der Waals surface area contributed by atoms with Crippen LogP contribution in [0.15, 0.2) is 35.9 Å². The lowest BCUT2D eigenvalue weighted by molar-refractivity contribution is -0.137. The molecule has 1 aromatic carbocycles. The predicted octanol–water partition coefficient (Wildman–Crippen LogP) is 2.76. The van der Waals surface area contributed by atoms with Crippen LogP contribution < -0.4 is 5.32 Å². The summed E-state index contributed by atoms with van der Waals surface area (Å²) in [5.74, 6) is -1.41. The zero-order chi connectivity index (χ0) is 15.3. The van der Waals surface area contributed by atoms with E-state index in [0.29, 0.717) is 0 Å². The molecule has 0 saturated heterocycles. The van der Waals surface area contributed by atoms with Crippen LogP contribution in [-0.2, 0) is 20.5 Å². The molecule has 20 heavy (non-hydrogen) atoms.